The third-order valence-electron chi connectivity index (χ3n) is 2.33. The average molecular weight is 261 g/mol. The Balaban J connectivity index is 2.02. The van der Waals surface area contributed by atoms with Gasteiger partial charge in [-0.1, -0.05) is 0 Å². The standard InChI is InChI=1S/C11H11N5O3/c1-12-10(17)6-19-11(18)8-2-4-9(5-3-8)16-7-13-14-15-16/h2-5,7H,6H2,1H3,(H,12,17). The van der Waals surface area contributed by atoms with Gasteiger partial charge in [-0.2, -0.15) is 0 Å². The number of esters is 1. The van der Waals surface area contributed by atoms with Crippen LogP contribution < -0.4 is 5.32 Å². The second kappa shape index (κ2) is 5.71. The minimum atomic E-state index is -0.563. The number of rotatable bonds is 4. The quantitative estimate of drug-likeness (QED) is 0.749. The van der Waals surface area contributed by atoms with Crippen LogP contribution in [-0.2, 0) is 9.53 Å². The maximum Gasteiger partial charge on any atom is 0.338 e. The molecule has 98 valence electrons. The minimum absolute atomic E-state index is 0.302. The van der Waals surface area contributed by atoms with E-state index in [2.05, 4.69) is 20.8 Å². The number of hydrogen-bond acceptors (Lipinski definition) is 6. The van der Waals surface area contributed by atoms with Crippen molar-refractivity contribution in [2.24, 2.45) is 0 Å². The molecule has 1 aromatic carbocycles. The Labute approximate surface area is 108 Å². The number of carbonyl (C=O) groups is 2. The van der Waals surface area contributed by atoms with Gasteiger partial charge in [0.25, 0.3) is 5.91 Å². The molecular formula is C11H11N5O3. The van der Waals surface area contributed by atoms with E-state index in [0.29, 0.717) is 11.3 Å². The van der Waals surface area contributed by atoms with E-state index < -0.39 is 5.97 Å². The van der Waals surface area contributed by atoms with Crippen LogP contribution >= 0.6 is 0 Å². The van der Waals surface area contributed by atoms with E-state index in [9.17, 15) is 9.59 Å². The van der Waals surface area contributed by atoms with Gasteiger partial charge < -0.3 is 10.1 Å². The highest BCUT2D eigenvalue weighted by molar-refractivity contribution is 5.91. The van der Waals surface area contributed by atoms with E-state index >= 15 is 0 Å². The zero-order chi connectivity index (χ0) is 13.7. The SMILES string of the molecule is CNC(=O)COC(=O)c1ccc(-n2cnnn2)cc1. The molecule has 0 unspecified atom stereocenters. The summed E-state index contributed by atoms with van der Waals surface area (Å²) in [6.07, 6.45) is 1.44. The van der Waals surface area contributed by atoms with Crippen LogP contribution in [0.4, 0.5) is 0 Å². The van der Waals surface area contributed by atoms with Gasteiger partial charge in [-0.05, 0) is 34.7 Å². The molecule has 1 N–H and O–H groups in total. The second-order valence-electron chi connectivity index (χ2n) is 3.55. The number of nitrogens with zero attached hydrogens (tertiary/aromatic N) is 4. The lowest BCUT2D eigenvalue weighted by Gasteiger charge is -2.04. The Morgan fingerprint density at radius 1 is 1.32 bits per heavy atom. The fourth-order valence-corrected chi connectivity index (χ4v) is 1.32. The van der Waals surface area contributed by atoms with E-state index in [-0.39, 0.29) is 12.5 Å². The number of nitrogens with one attached hydrogen (secondary N) is 1. The number of hydrogen-bond donors (Lipinski definition) is 1. The van der Waals surface area contributed by atoms with Crippen molar-refractivity contribution in [2.45, 2.75) is 0 Å². The number of aromatic nitrogens is 4. The molecule has 0 aliphatic rings. The van der Waals surface area contributed by atoms with Crippen LogP contribution in [0.25, 0.3) is 5.69 Å². The lowest BCUT2D eigenvalue weighted by atomic mass is 10.2. The van der Waals surface area contributed by atoms with Gasteiger partial charge in [0.1, 0.15) is 6.33 Å². The van der Waals surface area contributed by atoms with Gasteiger partial charge in [0.15, 0.2) is 6.61 Å². The number of ether oxygens (including phenoxy) is 1. The van der Waals surface area contributed by atoms with Gasteiger partial charge in [-0.25, -0.2) is 9.48 Å². The zero-order valence-corrected chi connectivity index (χ0v) is 10.1. The summed E-state index contributed by atoms with van der Waals surface area (Å²) >= 11 is 0. The highest BCUT2D eigenvalue weighted by Crippen LogP contribution is 2.08. The van der Waals surface area contributed by atoms with Crippen molar-refractivity contribution in [1.29, 1.82) is 0 Å². The third-order valence-corrected chi connectivity index (χ3v) is 2.33. The minimum Gasteiger partial charge on any atom is -0.452 e. The molecule has 0 aliphatic heterocycles. The van der Waals surface area contributed by atoms with E-state index in [1.54, 1.807) is 24.3 Å². The predicted molar refractivity (Wildman–Crippen MR) is 63.5 cm³/mol. The number of tetrazole rings is 1. The molecule has 0 aliphatic carbocycles. The normalized spacial score (nSPS) is 9.95. The Hall–Kier alpha value is -2.77. The molecule has 0 saturated carbocycles. The Kier molecular flexibility index (Phi) is 3.81. The van der Waals surface area contributed by atoms with Crippen molar-refractivity contribution in [3.05, 3.63) is 36.2 Å². The van der Waals surface area contributed by atoms with E-state index in [1.807, 2.05) is 0 Å². The molecule has 0 spiro atoms. The van der Waals surface area contributed by atoms with Crippen LogP contribution in [0.3, 0.4) is 0 Å². The van der Waals surface area contributed by atoms with Crippen LogP contribution in [0.2, 0.25) is 0 Å². The van der Waals surface area contributed by atoms with Crippen molar-refractivity contribution in [3.63, 3.8) is 0 Å². The van der Waals surface area contributed by atoms with Gasteiger partial charge >= 0.3 is 5.97 Å². The number of benzene rings is 1. The molecule has 0 bridgehead atoms. The smallest absolute Gasteiger partial charge is 0.338 e. The first-order chi connectivity index (χ1) is 9.20. The summed E-state index contributed by atoms with van der Waals surface area (Å²) in [6.45, 7) is -0.302. The van der Waals surface area contributed by atoms with Gasteiger partial charge in [-0.3, -0.25) is 4.79 Å². The molecule has 0 radical (unpaired) electrons. The molecule has 8 nitrogen and oxygen atoms in total. The molecule has 2 rings (SSSR count). The van der Waals surface area contributed by atoms with Crippen molar-refractivity contribution >= 4 is 11.9 Å². The Morgan fingerprint density at radius 2 is 2.05 bits per heavy atom. The van der Waals surface area contributed by atoms with Crippen LogP contribution in [0.5, 0.6) is 0 Å². The maximum absolute atomic E-state index is 11.6. The zero-order valence-electron chi connectivity index (χ0n) is 10.1. The lowest BCUT2D eigenvalue weighted by Crippen LogP contribution is -2.25. The summed E-state index contributed by atoms with van der Waals surface area (Å²) < 4.78 is 6.27. The van der Waals surface area contributed by atoms with Crippen molar-refractivity contribution in [2.75, 3.05) is 13.7 Å². The van der Waals surface area contributed by atoms with Crippen molar-refractivity contribution in [3.8, 4) is 5.69 Å². The fraction of sp³-hybridized carbons (Fsp3) is 0.182. The molecule has 0 saturated heterocycles. The largest absolute Gasteiger partial charge is 0.452 e. The molecule has 1 heterocycles. The van der Waals surface area contributed by atoms with Crippen LogP contribution in [0.1, 0.15) is 10.4 Å². The summed E-state index contributed by atoms with van der Waals surface area (Å²) in [5, 5.41) is 13.1. The monoisotopic (exact) mass is 261 g/mol. The first-order valence-corrected chi connectivity index (χ1v) is 5.42. The number of likely N-dealkylation sites (N-methyl/N-ethyl adjacent to an activating group) is 1. The molecule has 19 heavy (non-hydrogen) atoms. The summed E-state index contributed by atoms with van der Waals surface area (Å²) in [7, 11) is 1.47. The van der Waals surface area contributed by atoms with Gasteiger partial charge in [0, 0.05) is 7.05 Å². The summed E-state index contributed by atoms with van der Waals surface area (Å²) in [4.78, 5) is 22.6. The van der Waals surface area contributed by atoms with Gasteiger partial charge in [0.05, 0.1) is 11.3 Å². The maximum atomic E-state index is 11.6. The fourth-order valence-electron chi connectivity index (χ4n) is 1.32. The topological polar surface area (TPSA) is 99.0 Å². The van der Waals surface area contributed by atoms with Crippen LogP contribution in [0.15, 0.2) is 30.6 Å². The molecular weight excluding hydrogens is 250 g/mol. The lowest BCUT2D eigenvalue weighted by molar-refractivity contribution is -0.123. The number of amides is 1. The van der Waals surface area contributed by atoms with Crippen molar-refractivity contribution in [1.82, 2.24) is 25.5 Å². The van der Waals surface area contributed by atoms with E-state index in [0.717, 1.165) is 0 Å². The first-order valence-electron chi connectivity index (χ1n) is 5.42. The Morgan fingerprint density at radius 3 is 2.63 bits per heavy atom. The van der Waals surface area contributed by atoms with Gasteiger partial charge in [-0.15, -0.1) is 5.10 Å². The molecule has 1 aromatic heterocycles. The van der Waals surface area contributed by atoms with Gasteiger partial charge in [0.2, 0.25) is 0 Å². The first kappa shape index (κ1) is 12.7. The average Bonchev–Trinajstić information content (AvgIpc) is 2.98. The molecule has 0 fully saturated rings. The third kappa shape index (κ3) is 3.12. The summed E-state index contributed by atoms with van der Waals surface area (Å²) in [5.74, 6) is -0.925. The highest BCUT2D eigenvalue weighted by atomic mass is 16.5. The number of carbonyl (C=O) groups excluding carboxylic acids is 2. The molecule has 2 aromatic rings. The predicted octanol–water partition coefficient (Wildman–Crippen LogP) is -0.435. The highest BCUT2D eigenvalue weighted by Gasteiger charge is 2.09. The molecule has 0 atom stereocenters. The van der Waals surface area contributed by atoms with E-state index in [4.69, 9.17) is 4.74 Å². The van der Waals surface area contributed by atoms with Crippen LogP contribution in [0, 0.1) is 0 Å². The van der Waals surface area contributed by atoms with Crippen molar-refractivity contribution < 1.29 is 14.3 Å². The molecule has 1 amide bonds. The van der Waals surface area contributed by atoms with Crippen LogP contribution in [-0.4, -0.2) is 45.7 Å². The summed E-state index contributed by atoms with van der Waals surface area (Å²) in [6, 6.07) is 6.49. The molecule has 8 heteroatoms. The van der Waals surface area contributed by atoms with E-state index in [1.165, 1.54) is 18.1 Å². The second-order valence-corrected chi connectivity index (χ2v) is 3.55. The Bertz CT molecular complexity index is 565. The summed E-state index contributed by atoms with van der Waals surface area (Å²) in [5.41, 5.74) is 1.06.